The molecule has 1 aromatic carbocycles. The highest BCUT2D eigenvalue weighted by Gasteiger charge is 2.13. The van der Waals surface area contributed by atoms with E-state index in [1.54, 1.807) is 12.3 Å². The highest BCUT2D eigenvalue weighted by molar-refractivity contribution is 6.31. The van der Waals surface area contributed by atoms with Gasteiger partial charge in [0.1, 0.15) is 12.7 Å². The van der Waals surface area contributed by atoms with Gasteiger partial charge in [-0.2, -0.15) is 10.4 Å². The van der Waals surface area contributed by atoms with E-state index in [4.69, 9.17) is 16.3 Å². The lowest BCUT2D eigenvalue weighted by Crippen LogP contribution is -2.04. The van der Waals surface area contributed by atoms with Gasteiger partial charge in [0.05, 0.1) is 23.3 Å². The number of aromatic nitrogens is 3. The monoisotopic (exact) mass is 444 g/mol. The summed E-state index contributed by atoms with van der Waals surface area (Å²) in [5.41, 5.74) is 5.54. The van der Waals surface area contributed by atoms with E-state index in [2.05, 4.69) is 11.2 Å². The summed E-state index contributed by atoms with van der Waals surface area (Å²) in [7, 11) is 0. The molecule has 4 rings (SSSR count). The molecule has 0 bridgehead atoms. The molecule has 7 heteroatoms. The number of ether oxygens (including phenoxy) is 1. The molecule has 3 heterocycles. The zero-order chi connectivity index (χ0) is 22.7. The topological polar surface area (TPSA) is 72.3 Å². The Morgan fingerprint density at radius 2 is 1.97 bits per heavy atom. The quantitative estimate of drug-likeness (QED) is 0.307. The van der Waals surface area contributed by atoms with E-state index in [1.165, 1.54) is 6.08 Å². The van der Waals surface area contributed by atoms with Crippen molar-refractivity contribution in [2.45, 2.75) is 27.0 Å². The van der Waals surface area contributed by atoms with Gasteiger partial charge >= 0.3 is 5.97 Å². The van der Waals surface area contributed by atoms with Crippen LogP contribution in [-0.2, 0) is 22.7 Å². The third-order valence-electron chi connectivity index (χ3n) is 5.35. The van der Waals surface area contributed by atoms with E-state index < -0.39 is 5.97 Å². The number of hydrogen-bond donors (Lipinski definition) is 0. The molecule has 0 aliphatic carbocycles. The number of fused-ring (bicyclic) bond motifs is 1. The number of halogens is 1. The van der Waals surface area contributed by atoms with Crippen LogP contribution >= 0.6 is 11.6 Å². The summed E-state index contributed by atoms with van der Waals surface area (Å²) in [6.45, 7) is 4.42. The number of carbonyl (C=O) groups excluding carboxylic acids is 1. The van der Waals surface area contributed by atoms with Crippen LogP contribution in [0, 0.1) is 25.2 Å². The Morgan fingerprint density at radius 1 is 1.19 bits per heavy atom. The lowest BCUT2D eigenvalue weighted by Gasteiger charge is -2.06. The standard InChI is InChI=1S/C25H21ClN4O2/c1-17-21(18(2)30(28-17)15-19-7-3-4-8-23(19)26)10-11-25(31)32-16-20-14-29-12-6-5-9-24(29)22(20)13-27/h3-12,14H,15-16H2,1-2H3. The van der Waals surface area contributed by atoms with Gasteiger partial charge in [0.25, 0.3) is 0 Å². The fourth-order valence-electron chi connectivity index (χ4n) is 3.66. The minimum absolute atomic E-state index is 0.0253. The predicted molar refractivity (Wildman–Crippen MR) is 123 cm³/mol. The zero-order valence-corrected chi connectivity index (χ0v) is 18.5. The van der Waals surface area contributed by atoms with Gasteiger partial charge in [0, 0.05) is 40.3 Å². The van der Waals surface area contributed by atoms with Crippen molar-refractivity contribution in [1.82, 2.24) is 14.2 Å². The normalized spacial score (nSPS) is 11.2. The van der Waals surface area contributed by atoms with E-state index in [0.717, 1.165) is 28.0 Å². The molecule has 0 N–H and O–H groups in total. The van der Waals surface area contributed by atoms with Gasteiger partial charge in [-0.05, 0) is 43.7 Å². The first-order chi connectivity index (χ1) is 15.5. The Bertz CT molecular complexity index is 1370. The average Bonchev–Trinajstić information content (AvgIpc) is 3.28. The maximum atomic E-state index is 12.3. The highest BCUT2D eigenvalue weighted by atomic mass is 35.5. The summed E-state index contributed by atoms with van der Waals surface area (Å²) in [5.74, 6) is -0.484. The fraction of sp³-hybridized carbons (Fsp3) is 0.160. The number of nitrogens with zero attached hydrogens (tertiary/aromatic N) is 4. The van der Waals surface area contributed by atoms with Gasteiger partial charge in [-0.15, -0.1) is 0 Å². The first-order valence-corrected chi connectivity index (χ1v) is 10.5. The number of hydrogen-bond acceptors (Lipinski definition) is 4. The lowest BCUT2D eigenvalue weighted by atomic mass is 10.1. The molecule has 0 atom stereocenters. The molecule has 0 amide bonds. The van der Waals surface area contributed by atoms with E-state index >= 15 is 0 Å². The van der Waals surface area contributed by atoms with Gasteiger partial charge in [-0.25, -0.2) is 4.79 Å². The molecule has 32 heavy (non-hydrogen) atoms. The van der Waals surface area contributed by atoms with E-state index in [-0.39, 0.29) is 6.61 Å². The van der Waals surface area contributed by atoms with Crippen molar-refractivity contribution < 1.29 is 9.53 Å². The van der Waals surface area contributed by atoms with Crippen LogP contribution in [0.4, 0.5) is 0 Å². The first-order valence-electron chi connectivity index (χ1n) is 10.1. The summed E-state index contributed by atoms with van der Waals surface area (Å²) in [6.07, 6.45) is 6.76. The van der Waals surface area contributed by atoms with E-state index in [1.807, 2.05) is 71.6 Å². The van der Waals surface area contributed by atoms with Crippen LogP contribution in [0.5, 0.6) is 0 Å². The van der Waals surface area contributed by atoms with Crippen molar-refractivity contribution >= 4 is 29.2 Å². The SMILES string of the molecule is Cc1nn(Cc2ccccc2Cl)c(C)c1C=CC(=O)OCc1cn2ccccc2c1C#N. The number of pyridine rings is 1. The second-order valence-electron chi connectivity index (χ2n) is 7.41. The van der Waals surface area contributed by atoms with Crippen LogP contribution in [0.15, 0.2) is 60.9 Å². The maximum Gasteiger partial charge on any atom is 0.331 e. The largest absolute Gasteiger partial charge is 0.458 e. The van der Waals surface area contributed by atoms with Gasteiger partial charge in [-0.3, -0.25) is 4.68 Å². The Kier molecular flexibility index (Phi) is 6.11. The van der Waals surface area contributed by atoms with Crippen LogP contribution in [0.3, 0.4) is 0 Å². The molecular weight excluding hydrogens is 424 g/mol. The zero-order valence-electron chi connectivity index (χ0n) is 17.7. The van der Waals surface area contributed by atoms with E-state index in [0.29, 0.717) is 22.7 Å². The van der Waals surface area contributed by atoms with Gasteiger partial charge in [-0.1, -0.05) is 35.9 Å². The molecule has 0 saturated carbocycles. The Labute approximate surface area is 190 Å². The van der Waals surface area contributed by atoms with Gasteiger partial charge < -0.3 is 9.14 Å². The summed E-state index contributed by atoms with van der Waals surface area (Å²) in [4.78, 5) is 12.3. The highest BCUT2D eigenvalue weighted by Crippen LogP contribution is 2.21. The molecule has 4 aromatic rings. The number of carbonyl (C=O) groups is 1. The molecule has 0 unspecified atom stereocenters. The van der Waals surface area contributed by atoms with Crippen molar-refractivity contribution in [2.24, 2.45) is 0 Å². The minimum atomic E-state index is -0.484. The molecule has 0 fully saturated rings. The number of rotatable bonds is 6. The number of nitriles is 1. The Morgan fingerprint density at radius 3 is 2.75 bits per heavy atom. The van der Waals surface area contributed by atoms with Crippen LogP contribution in [0.25, 0.3) is 11.6 Å². The number of aryl methyl sites for hydroxylation is 1. The molecule has 160 valence electrons. The molecule has 0 aliphatic heterocycles. The smallest absolute Gasteiger partial charge is 0.331 e. The van der Waals surface area contributed by atoms with Crippen LogP contribution in [0.2, 0.25) is 5.02 Å². The Hall–Kier alpha value is -3.82. The molecule has 0 spiro atoms. The van der Waals surface area contributed by atoms with Crippen molar-refractivity contribution in [3.8, 4) is 6.07 Å². The number of esters is 1. The van der Waals surface area contributed by atoms with Crippen LogP contribution in [0.1, 0.15) is 33.6 Å². The minimum Gasteiger partial charge on any atom is -0.458 e. The number of benzene rings is 1. The predicted octanol–water partition coefficient (Wildman–Crippen LogP) is 5.08. The molecular formula is C25H21ClN4O2. The molecule has 0 saturated heterocycles. The summed E-state index contributed by atoms with van der Waals surface area (Å²) >= 11 is 6.27. The molecule has 0 aliphatic rings. The molecule has 0 radical (unpaired) electrons. The molecule has 3 aromatic heterocycles. The second kappa shape index (κ2) is 9.13. The van der Waals surface area contributed by atoms with Crippen molar-refractivity contribution in [3.05, 3.63) is 99.6 Å². The van der Waals surface area contributed by atoms with Gasteiger partial charge in [0.2, 0.25) is 0 Å². The molecule has 6 nitrogen and oxygen atoms in total. The second-order valence-corrected chi connectivity index (χ2v) is 7.82. The maximum absolute atomic E-state index is 12.3. The van der Waals surface area contributed by atoms with Crippen LogP contribution < -0.4 is 0 Å². The van der Waals surface area contributed by atoms with E-state index in [9.17, 15) is 10.1 Å². The van der Waals surface area contributed by atoms with Crippen LogP contribution in [-0.4, -0.2) is 20.2 Å². The van der Waals surface area contributed by atoms with Crippen molar-refractivity contribution in [1.29, 1.82) is 5.26 Å². The van der Waals surface area contributed by atoms with Crippen molar-refractivity contribution in [3.63, 3.8) is 0 Å². The summed E-state index contributed by atoms with van der Waals surface area (Å²) in [6, 6.07) is 15.4. The third-order valence-corrected chi connectivity index (χ3v) is 5.71. The first kappa shape index (κ1) is 21.4. The fourth-order valence-corrected chi connectivity index (χ4v) is 3.85. The average molecular weight is 445 g/mol. The lowest BCUT2D eigenvalue weighted by molar-refractivity contribution is -0.138. The Balaban J connectivity index is 1.46. The summed E-state index contributed by atoms with van der Waals surface area (Å²) < 4.78 is 9.10. The van der Waals surface area contributed by atoms with Crippen molar-refractivity contribution in [2.75, 3.05) is 0 Å². The van der Waals surface area contributed by atoms with Gasteiger partial charge in [0.15, 0.2) is 0 Å². The third kappa shape index (κ3) is 4.29. The summed E-state index contributed by atoms with van der Waals surface area (Å²) in [5, 5.41) is 14.7.